The summed E-state index contributed by atoms with van der Waals surface area (Å²) in [5.74, 6) is 0.682. The highest BCUT2D eigenvalue weighted by Crippen LogP contribution is 2.36. The number of urea groups is 1. The molecule has 0 radical (unpaired) electrons. The van der Waals surface area contributed by atoms with Crippen molar-refractivity contribution >= 4 is 23.3 Å². The van der Waals surface area contributed by atoms with Crippen LogP contribution in [0.2, 0.25) is 5.02 Å². The Morgan fingerprint density at radius 2 is 1.92 bits per heavy atom. The van der Waals surface area contributed by atoms with Gasteiger partial charge in [-0.3, -0.25) is 0 Å². The number of nitrogens with one attached hydrogen (secondary N) is 2. The molecule has 0 fully saturated rings. The van der Waals surface area contributed by atoms with E-state index in [4.69, 9.17) is 16.3 Å². The van der Waals surface area contributed by atoms with Crippen LogP contribution in [0, 0.1) is 6.92 Å². The average molecular weight is 373 g/mol. The van der Waals surface area contributed by atoms with Gasteiger partial charge in [0.05, 0.1) is 17.8 Å². The normalized spacial score (nSPS) is 11.1. The van der Waals surface area contributed by atoms with E-state index in [1.807, 2.05) is 25.1 Å². The molecule has 25 heavy (non-hydrogen) atoms. The second-order valence-corrected chi connectivity index (χ2v) is 5.62. The first-order valence-electron chi connectivity index (χ1n) is 7.37. The van der Waals surface area contributed by atoms with E-state index in [0.717, 1.165) is 17.7 Å². The number of halogens is 4. The molecule has 0 aliphatic heterocycles. The lowest BCUT2D eigenvalue weighted by atomic mass is 10.1. The van der Waals surface area contributed by atoms with Crippen LogP contribution in [-0.4, -0.2) is 19.2 Å². The third kappa shape index (κ3) is 5.56. The Hall–Kier alpha value is -2.41. The van der Waals surface area contributed by atoms with E-state index in [9.17, 15) is 18.0 Å². The molecule has 0 aromatic heterocycles. The number of alkyl halides is 3. The molecule has 0 aliphatic carbocycles. The number of benzene rings is 2. The Morgan fingerprint density at radius 1 is 1.20 bits per heavy atom. The molecule has 2 N–H and O–H groups in total. The molecule has 134 valence electrons. The zero-order valence-electron chi connectivity index (χ0n) is 13.3. The van der Waals surface area contributed by atoms with Crippen LogP contribution in [0.1, 0.15) is 11.1 Å². The number of carbonyl (C=O) groups is 1. The van der Waals surface area contributed by atoms with E-state index in [-0.39, 0.29) is 23.9 Å². The molecule has 0 heterocycles. The maximum absolute atomic E-state index is 13.0. The van der Waals surface area contributed by atoms with Crippen molar-refractivity contribution in [1.82, 2.24) is 5.32 Å². The van der Waals surface area contributed by atoms with Crippen LogP contribution < -0.4 is 15.4 Å². The molecule has 0 saturated carbocycles. The number of aryl methyl sites for hydroxylation is 1. The van der Waals surface area contributed by atoms with Crippen molar-refractivity contribution in [2.45, 2.75) is 13.1 Å². The summed E-state index contributed by atoms with van der Waals surface area (Å²) in [5, 5.41) is 4.54. The molecule has 0 saturated heterocycles. The van der Waals surface area contributed by atoms with Crippen LogP contribution in [-0.2, 0) is 6.18 Å². The number of rotatable bonds is 5. The summed E-state index contributed by atoms with van der Waals surface area (Å²) in [4.78, 5) is 11.8. The molecule has 0 bridgehead atoms. The average Bonchev–Trinajstić information content (AvgIpc) is 2.54. The highest BCUT2D eigenvalue weighted by atomic mass is 35.5. The number of amides is 2. The maximum atomic E-state index is 13.0. The number of carbonyl (C=O) groups excluding carboxylic acids is 1. The largest absolute Gasteiger partial charge is 0.491 e. The molecule has 0 aliphatic rings. The summed E-state index contributed by atoms with van der Waals surface area (Å²) >= 11 is 5.59. The van der Waals surface area contributed by atoms with Crippen molar-refractivity contribution in [3.63, 3.8) is 0 Å². The van der Waals surface area contributed by atoms with E-state index >= 15 is 0 Å². The van der Waals surface area contributed by atoms with Crippen molar-refractivity contribution in [3.05, 3.63) is 58.6 Å². The summed E-state index contributed by atoms with van der Waals surface area (Å²) in [5.41, 5.74) is -0.427. The predicted octanol–water partition coefficient (Wildman–Crippen LogP) is 4.87. The zero-order chi connectivity index (χ0) is 18.4. The molecule has 2 amide bonds. The van der Waals surface area contributed by atoms with Gasteiger partial charge in [-0.15, -0.1) is 0 Å². The quantitative estimate of drug-likeness (QED) is 0.736. The molecule has 0 unspecified atom stereocenters. The van der Waals surface area contributed by atoms with Crippen molar-refractivity contribution in [2.75, 3.05) is 18.5 Å². The summed E-state index contributed by atoms with van der Waals surface area (Å²) in [6, 6.07) is 9.75. The lowest BCUT2D eigenvalue weighted by Gasteiger charge is -2.15. The highest BCUT2D eigenvalue weighted by molar-refractivity contribution is 6.30. The second kappa shape index (κ2) is 8.11. The van der Waals surface area contributed by atoms with Gasteiger partial charge in [0.15, 0.2) is 0 Å². The highest BCUT2D eigenvalue weighted by Gasteiger charge is 2.34. The molecule has 8 heteroatoms. The maximum Gasteiger partial charge on any atom is 0.418 e. The van der Waals surface area contributed by atoms with Crippen LogP contribution >= 0.6 is 11.6 Å². The Kier molecular flexibility index (Phi) is 6.14. The van der Waals surface area contributed by atoms with E-state index in [1.165, 1.54) is 6.07 Å². The van der Waals surface area contributed by atoms with Gasteiger partial charge in [-0.2, -0.15) is 13.2 Å². The molecule has 0 atom stereocenters. The monoisotopic (exact) mass is 372 g/mol. The fourth-order valence-corrected chi connectivity index (χ4v) is 2.24. The zero-order valence-corrected chi connectivity index (χ0v) is 14.0. The smallest absolute Gasteiger partial charge is 0.418 e. The molecule has 2 aromatic carbocycles. The van der Waals surface area contributed by atoms with Crippen LogP contribution in [0.15, 0.2) is 42.5 Å². The predicted molar refractivity (Wildman–Crippen MR) is 90.1 cm³/mol. The lowest BCUT2D eigenvalue weighted by Crippen LogP contribution is -2.32. The number of hydrogen-bond donors (Lipinski definition) is 2. The summed E-state index contributed by atoms with van der Waals surface area (Å²) in [6.45, 7) is 2.20. The van der Waals surface area contributed by atoms with Crippen LogP contribution in [0.5, 0.6) is 5.75 Å². The van der Waals surface area contributed by atoms with Gasteiger partial charge in [0.25, 0.3) is 0 Å². The Balaban J connectivity index is 1.88. The van der Waals surface area contributed by atoms with Gasteiger partial charge >= 0.3 is 12.2 Å². The minimum absolute atomic E-state index is 0.0649. The number of anilines is 1. The standard InChI is InChI=1S/C17H16ClF3N2O2/c1-11-4-2-3-5-15(11)25-9-8-22-16(24)23-14-7-6-12(18)10-13(14)17(19,20)21/h2-7,10H,8-9H2,1H3,(H2,22,23,24). The van der Waals surface area contributed by atoms with E-state index in [0.29, 0.717) is 5.75 Å². The second-order valence-electron chi connectivity index (χ2n) is 5.18. The Labute approximate surface area is 147 Å². The third-order valence-corrected chi connectivity index (χ3v) is 3.51. The topological polar surface area (TPSA) is 50.4 Å². The van der Waals surface area contributed by atoms with Gasteiger partial charge in [-0.1, -0.05) is 29.8 Å². The van der Waals surface area contributed by atoms with E-state index in [2.05, 4.69) is 10.6 Å². The van der Waals surface area contributed by atoms with Crippen LogP contribution in [0.4, 0.5) is 23.7 Å². The lowest BCUT2D eigenvalue weighted by molar-refractivity contribution is -0.136. The first-order valence-corrected chi connectivity index (χ1v) is 7.75. The van der Waals surface area contributed by atoms with E-state index < -0.39 is 17.8 Å². The summed E-state index contributed by atoms with van der Waals surface area (Å²) in [7, 11) is 0. The SMILES string of the molecule is Cc1ccccc1OCCNC(=O)Nc1ccc(Cl)cc1C(F)(F)F. The van der Waals surface area contributed by atoms with Crippen molar-refractivity contribution < 1.29 is 22.7 Å². The first kappa shape index (κ1) is 18.9. The van der Waals surface area contributed by atoms with Crippen LogP contribution in [0.3, 0.4) is 0 Å². The molecular weight excluding hydrogens is 357 g/mol. The number of ether oxygens (including phenoxy) is 1. The summed E-state index contributed by atoms with van der Waals surface area (Å²) < 4.78 is 44.4. The molecule has 2 aromatic rings. The van der Waals surface area contributed by atoms with Crippen LogP contribution in [0.25, 0.3) is 0 Å². The molecule has 2 rings (SSSR count). The van der Waals surface area contributed by atoms with Gasteiger partial charge in [0.2, 0.25) is 0 Å². The van der Waals surface area contributed by atoms with Gasteiger partial charge in [-0.05, 0) is 36.8 Å². The van der Waals surface area contributed by atoms with Gasteiger partial charge in [0, 0.05) is 5.02 Å². The van der Waals surface area contributed by atoms with Gasteiger partial charge < -0.3 is 15.4 Å². The molecule has 4 nitrogen and oxygen atoms in total. The minimum Gasteiger partial charge on any atom is -0.491 e. The Bertz CT molecular complexity index is 751. The molecular formula is C17H16ClF3N2O2. The minimum atomic E-state index is -4.62. The van der Waals surface area contributed by atoms with E-state index in [1.54, 1.807) is 6.07 Å². The van der Waals surface area contributed by atoms with Crippen molar-refractivity contribution in [3.8, 4) is 5.75 Å². The van der Waals surface area contributed by atoms with Gasteiger partial charge in [0.1, 0.15) is 12.4 Å². The summed E-state index contributed by atoms with van der Waals surface area (Å²) in [6.07, 6.45) is -4.62. The number of para-hydroxylation sites is 1. The van der Waals surface area contributed by atoms with Crippen molar-refractivity contribution in [1.29, 1.82) is 0 Å². The third-order valence-electron chi connectivity index (χ3n) is 3.27. The van der Waals surface area contributed by atoms with Gasteiger partial charge in [-0.25, -0.2) is 4.79 Å². The fraction of sp³-hybridized carbons (Fsp3) is 0.235. The first-order chi connectivity index (χ1) is 11.8. The number of hydrogen-bond acceptors (Lipinski definition) is 2. The van der Waals surface area contributed by atoms with Crippen molar-refractivity contribution in [2.24, 2.45) is 0 Å². The fourth-order valence-electron chi connectivity index (χ4n) is 2.07. The Morgan fingerprint density at radius 3 is 2.60 bits per heavy atom. The molecule has 0 spiro atoms.